The van der Waals surface area contributed by atoms with E-state index in [1.807, 2.05) is 0 Å². The van der Waals surface area contributed by atoms with Gasteiger partial charge in [-0.2, -0.15) is 0 Å². The summed E-state index contributed by atoms with van der Waals surface area (Å²) in [5.74, 6) is 0.548. The topological polar surface area (TPSA) is 94.1 Å². The Morgan fingerprint density at radius 2 is 2.27 bits per heavy atom. The zero-order valence-electron chi connectivity index (χ0n) is 8.36. The highest BCUT2D eigenvalue weighted by molar-refractivity contribution is 5.58. The molecule has 1 aliphatic rings. The molecule has 0 spiro atoms. The van der Waals surface area contributed by atoms with E-state index >= 15 is 0 Å². The Labute approximate surface area is 86.6 Å². The van der Waals surface area contributed by atoms with Crippen molar-refractivity contribution in [3.05, 3.63) is 22.2 Å². The van der Waals surface area contributed by atoms with Crippen LogP contribution < -0.4 is 11.1 Å². The molecular formula is C9H12N4O2. The molecule has 0 aliphatic heterocycles. The van der Waals surface area contributed by atoms with Crippen molar-refractivity contribution in [2.45, 2.75) is 25.3 Å². The number of anilines is 2. The van der Waals surface area contributed by atoms with Crippen LogP contribution in [0.2, 0.25) is 0 Å². The lowest BCUT2D eigenvalue weighted by Crippen LogP contribution is -2.17. The van der Waals surface area contributed by atoms with Gasteiger partial charge in [0.05, 0.1) is 4.92 Å². The van der Waals surface area contributed by atoms with Crippen molar-refractivity contribution in [3.63, 3.8) is 0 Å². The quantitative estimate of drug-likeness (QED) is 0.580. The summed E-state index contributed by atoms with van der Waals surface area (Å²) < 4.78 is 0. The molecule has 0 atom stereocenters. The molecule has 1 aliphatic carbocycles. The van der Waals surface area contributed by atoms with Crippen LogP contribution >= 0.6 is 0 Å². The second-order valence-electron chi connectivity index (χ2n) is 4.04. The highest BCUT2D eigenvalue weighted by Crippen LogP contribution is 2.38. The standard InChI is InChI=1S/C9H12N4O2/c1-9(4-5-9)12-7-3-2-6(13(14)15)8(10)11-7/h2-3H,4-5H2,1H3,(H3,10,11,12). The van der Waals surface area contributed by atoms with Crippen molar-refractivity contribution in [1.29, 1.82) is 0 Å². The molecule has 1 heterocycles. The summed E-state index contributed by atoms with van der Waals surface area (Å²) >= 11 is 0. The monoisotopic (exact) mass is 208 g/mol. The van der Waals surface area contributed by atoms with E-state index in [-0.39, 0.29) is 17.0 Å². The molecule has 2 rings (SSSR count). The maximum Gasteiger partial charge on any atom is 0.311 e. The Bertz CT molecular complexity index is 415. The van der Waals surface area contributed by atoms with Crippen LogP contribution in [-0.2, 0) is 0 Å². The molecular weight excluding hydrogens is 196 g/mol. The average molecular weight is 208 g/mol. The van der Waals surface area contributed by atoms with Crippen LogP contribution in [0.3, 0.4) is 0 Å². The average Bonchev–Trinajstić information content (AvgIpc) is 2.82. The first kappa shape index (κ1) is 9.70. The van der Waals surface area contributed by atoms with Gasteiger partial charge in [-0.05, 0) is 25.8 Å². The number of aromatic nitrogens is 1. The SMILES string of the molecule is CC1(Nc2ccc([N+](=O)[O-])c(N)n2)CC1. The first-order chi connectivity index (χ1) is 7.00. The predicted octanol–water partition coefficient (Wildman–Crippen LogP) is 1.54. The zero-order chi connectivity index (χ0) is 11.1. The van der Waals surface area contributed by atoms with Crippen LogP contribution in [0, 0.1) is 10.1 Å². The zero-order valence-corrected chi connectivity index (χ0v) is 8.36. The van der Waals surface area contributed by atoms with E-state index in [0.717, 1.165) is 12.8 Å². The number of hydrogen-bond acceptors (Lipinski definition) is 5. The number of nitrogen functional groups attached to an aromatic ring is 1. The maximum absolute atomic E-state index is 10.5. The highest BCUT2D eigenvalue weighted by atomic mass is 16.6. The van der Waals surface area contributed by atoms with Gasteiger partial charge in [-0.3, -0.25) is 10.1 Å². The van der Waals surface area contributed by atoms with Crippen LogP contribution in [0.15, 0.2) is 12.1 Å². The van der Waals surface area contributed by atoms with Crippen molar-refractivity contribution >= 4 is 17.3 Å². The minimum absolute atomic E-state index is 0.0470. The van der Waals surface area contributed by atoms with Gasteiger partial charge in [0, 0.05) is 11.6 Å². The van der Waals surface area contributed by atoms with Crippen molar-refractivity contribution in [3.8, 4) is 0 Å². The molecule has 0 saturated heterocycles. The molecule has 0 unspecified atom stereocenters. The number of nitrogens with one attached hydrogen (secondary N) is 1. The summed E-state index contributed by atoms with van der Waals surface area (Å²) in [7, 11) is 0. The van der Waals surface area contributed by atoms with Gasteiger partial charge >= 0.3 is 5.69 Å². The van der Waals surface area contributed by atoms with Gasteiger partial charge in [-0.1, -0.05) is 0 Å². The lowest BCUT2D eigenvalue weighted by molar-refractivity contribution is -0.384. The minimum Gasteiger partial charge on any atom is -0.378 e. The molecule has 1 saturated carbocycles. The summed E-state index contributed by atoms with van der Waals surface area (Å²) in [6.07, 6.45) is 2.18. The normalized spacial score (nSPS) is 17.1. The molecule has 80 valence electrons. The van der Waals surface area contributed by atoms with Crippen LogP contribution in [0.1, 0.15) is 19.8 Å². The third-order valence-electron chi connectivity index (χ3n) is 2.53. The van der Waals surface area contributed by atoms with Gasteiger partial charge in [0.15, 0.2) is 0 Å². The Morgan fingerprint density at radius 3 is 2.73 bits per heavy atom. The second-order valence-corrected chi connectivity index (χ2v) is 4.04. The predicted molar refractivity (Wildman–Crippen MR) is 56.6 cm³/mol. The fraction of sp³-hybridized carbons (Fsp3) is 0.444. The Morgan fingerprint density at radius 1 is 1.60 bits per heavy atom. The van der Waals surface area contributed by atoms with E-state index in [1.165, 1.54) is 6.07 Å². The summed E-state index contributed by atoms with van der Waals surface area (Å²) in [5, 5.41) is 13.7. The van der Waals surface area contributed by atoms with E-state index < -0.39 is 4.92 Å². The van der Waals surface area contributed by atoms with Crippen molar-refractivity contribution in [2.24, 2.45) is 0 Å². The molecule has 1 aromatic rings. The number of nitrogens with two attached hydrogens (primary N) is 1. The van der Waals surface area contributed by atoms with E-state index in [9.17, 15) is 10.1 Å². The summed E-state index contributed by atoms with van der Waals surface area (Å²) in [6.45, 7) is 2.08. The molecule has 15 heavy (non-hydrogen) atoms. The smallest absolute Gasteiger partial charge is 0.311 e. The van der Waals surface area contributed by atoms with Crippen molar-refractivity contribution < 1.29 is 4.92 Å². The molecule has 1 fully saturated rings. The Hall–Kier alpha value is -1.85. The third kappa shape index (κ3) is 1.98. The molecule has 0 aromatic carbocycles. The number of rotatable bonds is 3. The van der Waals surface area contributed by atoms with Gasteiger partial charge in [0.25, 0.3) is 0 Å². The maximum atomic E-state index is 10.5. The Kier molecular flexibility index (Phi) is 1.99. The largest absolute Gasteiger partial charge is 0.378 e. The van der Waals surface area contributed by atoms with E-state index in [1.54, 1.807) is 6.07 Å². The molecule has 6 nitrogen and oxygen atoms in total. The molecule has 3 N–H and O–H groups in total. The minimum atomic E-state index is -0.537. The van der Waals surface area contributed by atoms with E-state index in [4.69, 9.17) is 5.73 Å². The van der Waals surface area contributed by atoms with Crippen LogP contribution in [0.4, 0.5) is 17.3 Å². The number of hydrogen-bond donors (Lipinski definition) is 2. The Balaban J connectivity index is 2.21. The van der Waals surface area contributed by atoms with Crippen LogP contribution in [0.5, 0.6) is 0 Å². The van der Waals surface area contributed by atoms with Gasteiger partial charge in [-0.15, -0.1) is 0 Å². The molecule has 6 heteroatoms. The fourth-order valence-corrected chi connectivity index (χ4v) is 1.31. The van der Waals surface area contributed by atoms with Crippen molar-refractivity contribution in [1.82, 2.24) is 4.98 Å². The third-order valence-corrected chi connectivity index (χ3v) is 2.53. The number of pyridine rings is 1. The lowest BCUT2D eigenvalue weighted by Gasteiger charge is -2.11. The summed E-state index contributed by atoms with van der Waals surface area (Å²) in [5.41, 5.74) is 5.41. The lowest BCUT2D eigenvalue weighted by atomic mass is 10.3. The van der Waals surface area contributed by atoms with Gasteiger partial charge in [-0.25, -0.2) is 4.98 Å². The first-order valence-corrected chi connectivity index (χ1v) is 4.69. The molecule has 0 amide bonds. The molecule has 0 bridgehead atoms. The summed E-state index contributed by atoms with van der Waals surface area (Å²) in [6, 6.07) is 2.95. The van der Waals surface area contributed by atoms with Gasteiger partial charge < -0.3 is 11.1 Å². The van der Waals surface area contributed by atoms with Gasteiger partial charge in [0.1, 0.15) is 5.82 Å². The van der Waals surface area contributed by atoms with E-state index in [2.05, 4.69) is 17.2 Å². The number of nitro groups is 1. The van der Waals surface area contributed by atoms with Gasteiger partial charge in [0.2, 0.25) is 5.82 Å². The molecule has 1 aromatic heterocycles. The first-order valence-electron chi connectivity index (χ1n) is 4.69. The molecule has 0 radical (unpaired) electrons. The van der Waals surface area contributed by atoms with Crippen molar-refractivity contribution in [2.75, 3.05) is 11.1 Å². The highest BCUT2D eigenvalue weighted by Gasteiger charge is 2.37. The number of nitrogens with zero attached hydrogens (tertiary/aromatic N) is 2. The fourth-order valence-electron chi connectivity index (χ4n) is 1.31. The van der Waals surface area contributed by atoms with Crippen LogP contribution in [0.25, 0.3) is 0 Å². The second kappa shape index (κ2) is 3.08. The van der Waals surface area contributed by atoms with Crippen LogP contribution in [-0.4, -0.2) is 15.4 Å². The van der Waals surface area contributed by atoms with E-state index in [0.29, 0.717) is 5.82 Å². The summed E-state index contributed by atoms with van der Waals surface area (Å²) in [4.78, 5) is 13.9.